The number of carbonyl (C=O) groups is 1. The molecule has 1 aromatic heterocycles. The van der Waals surface area contributed by atoms with Gasteiger partial charge in [0.15, 0.2) is 5.76 Å². The standard InChI is InChI=1S/C14H8BrNO2/c15-10-1-2-12-11(8-10)14(17)13(18-12)7-9-3-5-16-6-4-9/h1-8H. The van der Waals surface area contributed by atoms with Crippen molar-refractivity contribution in [1.29, 1.82) is 0 Å². The van der Waals surface area contributed by atoms with E-state index in [1.54, 1.807) is 30.6 Å². The number of carbonyl (C=O) groups excluding carboxylic acids is 1. The summed E-state index contributed by atoms with van der Waals surface area (Å²) < 4.78 is 6.41. The fourth-order valence-electron chi connectivity index (χ4n) is 1.77. The molecule has 3 nitrogen and oxygen atoms in total. The number of hydrogen-bond donors (Lipinski definition) is 0. The first-order chi connectivity index (χ1) is 8.74. The normalized spacial score (nSPS) is 15.6. The molecule has 0 fully saturated rings. The summed E-state index contributed by atoms with van der Waals surface area (Å²) in [5, 5.41) is 0. The van der Waals surface area contributed by atoms with Gasteiger partial charge in [0.2, 0.25) is 5.78 Å². The second-order valence-corrected chi connectivity index (χ2v) is 4.78. The van der Waals surface area contributed by atoms with Crippen LogP contribution in [-0.2, 0) is 0 Å². The predicted octanol–water partition coefficient (Wildman–Crippen LogP) is 3.46. The molecule has 0 unspecified atom stereocenters. The first-order valence-corrected chi connectivity index (χ1v) is 6.17. The molecule has 0 aliphatic carbocycles. The van der Waals surface area contributed by atoms with Crippen LogP contribution >= 0.6 is 15.9 Å². The average Bonchev–Trinajstić information content (AvgIpc) is 2.68. The number of halogens is 1. The lowest BCUT2D eigenvalue weighted by atomic mass is 10.1. The van der Waals surface area contributed by atoms with Crippen LogP contribution in [0.4, 0.5) is 0 Å². The molecule has 1 aliphatic heterocycles. The van der Waals surface area contributed by atoms with E-state index in [1.807, 2.05) is 18.2 Å². The Morgan fingerprint density at radius 2 is 1.94 bits per heavy atom. The van der Waals surface area contributed by atoms with Crippen molar-refractivity contribution in [3.63, 3.8) is 0 Å². The minimum Gasteiger partial charge on any atom is -0.452 e. The third-order valence-corrected chi connectivity index (χ3v) is 3.13. The molecule has 1 aromatic carbocycles. The zero-order valence-corrected chi connectivity index (χ0v) is 10.8. The van der Waals surface area contributed by atoms with Crippen molar-refractivity contribution in [1.82, 2.24) is 4.98 Å². The minimum absolute atomic E-state index is 0.0943. The van der Waals surface area contributed by atoms with Gasteiger partial charge in [-0.05, 0) is 42.0 Å². The van der Waals surface area contributed by atoms with Gasteiger partial charge in [-0.25, -0.2) is 0 Å². The van der Waals surface area contributed by atoms with E-state index in [0.29, 0.717) is 17.1 Å². The highest BCUT2D eigenvalue weighted by molar-refractivity contribution is 9.10. The van der Waals surface area contributed by atoms with Crippen LogP contribution in [-0.4, -0.2) is 10.8 Å². The summed E-state index contributed by atoms with van der Waals surface area (Å²) in [4.78, 5) is 16.1. The average molecular weight is 302 g/mol. The first-order valence-electron chi connectivity index (χ1n) is 5.38. The fraction of sp³-hybridized carbons (Fsp3) is 0. The molecular weight excluding hydrogens is 294 g/mol. The Kier molecular flexibility index (Phi) is 2.72. The fourth-order valence-corrected chi connectivity index (χ4v) is 2.13. The van der Waals surface area contributed by atoms with Crippen molar-refractivity contribution < 1.29 is 9.53 Å². The molecule has 2 heterocycles. The highest BCUT2D eigenvalue weighted by Crippen LogP contribution is 2.33. The highest BCUT2D eigenvalue weighted by atomic mass is 79.9. The Bertz CT molecular complexity index is 650. The van der Waals surface area contributed by atoms with E-state index < -0.39 is 0 Å². The van der Waals surface area contributed by atoms with Gasteiger partial charge in [-0.3, -0.25) is 9.78 Å². The SMILES string of the molecule is O=C1C(=Cc2ccncc2)Oc2ccc(Br)cc21. The molecule has 0 saturated carbocycles. The van der Waals surface area contributed by atoms with Crippen molar-refractivity contribution in [2.24, 2.45) is 0 Å². The molecular formula is C14H8BrNO2. The van der Waals surface area contributed by atoms with Gasteiger partial charge in [-0.2, -0.15) is 0 Å². The lowest BCUT2D eigenvalue weighted by Gasteiger charge is -1.97. The molecule has 0 spiro atoms. The maximum atomic E-state index is 12.1. The number of ether oxygens (including phenoxy) is 1. The van der Waals surface area contributed by atoms with Crippen molar-refractivity contribution >= 4 is 27.8 Å². The second kappa shape index (κ2) is 4.38. The number of aromatic nitrogens is 1. The molecule has 18 heavy (non-hydrogen) atoms. The van der Waals surface area contributed by atoms with Crippen LogP contribution in [0.3, 0.4) is 0 Å². The lowest BCUT2D eigenvalue weighted by Crippen LogP contribution is -1.98. The van der Waals surface area contributed by atoms with E-state index in [0.717, 1.165) is 10.0 Å². The summed E-state index contributed by atoms with van der Waals surface area (Å²) in [6.45, 7) is 0. The summed E-state index contributed by atoms with van der Waals surface area (Å²) >= 11 is 3.34. The van der Waals surface area contributed by atoms with Crippen molar-refractivity contribution in [3.8, 4) is 5.75 Å². The minimum atomic E-state index is -0.0943. The van der Waals surface area contributed by atoms with Crippen LogP contribution < -0.4 is 4.74 Å². The lowest BCUT2D eigenvalue weighted by molar-refractivity contribution is 0.101. The molecule has 0 N–H and O–H groups in total. The summed E-state index contributed by atoms with van der Waals surface area (Å²) in [6.07, 6.45) is 5.07. The van der Waals surface area contributed by atoms with Crippen LogP contribution in [0.1, 0.15) is 15.9 Å². The van der Waals surface area contributed by atoms with E-state index in [1.165, 1.54) is 0 Å². The molecule has 3 rings (SSSR count). The van der Waals surface area contributed by atoms with Gasteiger partial charge in [0.05, 0.1) is 5.56 Å². The Morgan fingerprint density at radius 1 is 1.17 bits per heavy atom. The zero-order valence-electron chi connectivity index (χ0n) is 9.26. The topological polar surface area (TPSA) is 39.2 Å². The second-order valence-electron chi connectivity index (χ2n) is 3.86. The van der Waals surface area contributed by atoms with Crippen LogP contribution in [0, 0.1) is 0 Å². The van der Waals surface area contributed by atoms with Gasteiger partial charge in [0.1, 0.15) is 5.75 Å². The van der Waals surface area contributed by atoms with Crippen molar-refractivity contribution in [3.05, 3.63) is 64.1 Å². The van der Waals surface area contributed by atoms with Crippen molar-refractivity contribution in [2.45, 2.75) is 0 Å². The van der Waals surface area contributed by atoms with Crippen LogP contribution in [0.15, 0.2) is 53.0 Å². The first kappa shape index (κ1) is 11.2. The maximum Gasteiger partial charge on any atom is 0.232 e. The van der Waals surface area contributed by atoms with Crippen LogP contribution in [0.2, 0.25) is 0 Å². The number of fused-ring (bicyclic) bond motifs is 1. The smallest absolute Gasteiger partial charge is 0.232 e. The number of pyridine rings is 1. The molecule has 1 aliphatic rings. The number of ketones is 1. The summed E-state index contributed by atoms with van der Waals surface area (Å²) in [7, 11) is 0. The van der Waals surface area contributed by atoms with E-state index in [9.17, 15) is 4.79 Å². The molecule has 0 saturated heterocycles. The van der Waals surface area contributed by atoms with Crippen LogP contribution in [0.25, 0.3) is 6.08 Å². The van der Waals surface area contributed by atoms with E-state index in [4.69, 9.17) is 4.74 Å². The molecule has 4 heteroatoms. The number of allylic oxidation sites excluding steroid dienone is 1. The third kappa shape index (κ3) is 1.95. The van der Waals surface area contributed by atoms with Crippen LogP contribution in [0.5, 0.6) is 5.75 Å². The molecule has 0 radical (unpaired) electrons. The van der Waals surface area contributed by atoms with Gasteiger partial charge < -0.3 is 4.74 Å². The Morgan fingerprint density at radius 3 is 2.72 bits per heavy atom. The molecule has 0 amide bonds. The zero-order chi connectivity index (χ0) is 12.5. The van der Waals surface area contributed by atoms with Gasteiger partial charge >= 0.3 is 0 Å². The molecule has 0 atom stereocenters. The Labute approximate surface area is 112 Å². The maximum absolute atomic E-state index is 12.1. The van der Waals surface area contributed by atoms with Gasteiger partial charge in [-0.1, -0.05) is 15.9 Å². The van der Waals surface area contributed by atoms with Gasteiger partial charge in [0, 0.05) is 16.9 Å². The van der Waals surface area contributed by atoms with E-state index in [2.05, 4.69) is 20.9 Å². The van der Waals surface area contributed by atoms with E-state index in [-0.39, 0.29) is 5.78 Å². The number of hydrogen-bond acceptors (Lipinski definition) is 3. The quantitative estimate of drug-likeness (QED) is 0.757. The number of benzene rings is 1. The number of Topliss-reactive ketones (excluding diaryl/α,β-unsaturated/α-hetero) is 1. The highest BCUT2D eigenvalue weighted by Gasteiger charge is 2.27. The summed E-state index contributed by atoms with van der Waals surface area (Å²) in [5.41, 5.74) is 1.48. The van der Waals surface area contributed by atoms with Crippen molar-refractivity contribution in [2.75, 3.05) is 0 Å². The monoisotopic (exact) mass is 301 g/mol. The molecule has 2 aromatic rings. The number of nitrogens with zero attached hydrogens (tertiary/aromatic N) is 1. The largest absolute Gasteiger partial charge is 0.452 e. The summed E-state index contributed by atoms with van der Waals surface area (Å²) in [5.74, 6) is 0.848. The summed E-state index contributed by atoms with van der Waals surface area (Å²) in [6, 6.07) is 9.04. The third-order valence-electron chi connectivity index (χ3n) is 2.63. The number of rotatable bonds is 1. The Balaban J connectivity index is 2.00. The van der Waals surface area contributed by atoms with Gasteiger partial charge in [0.25, 0.3) is 0 Å². The van der Waals surface area contributed by atoms with Gasteiger partial charge in [-0.15, -0.1) is 0 Å². The molecule has 0 bridgehead atoms. The predicted molar refractivity (Wildman–Crippen MR) is 71.3 cm³/mol. The molecule has 88 valence electrons. The van der Waals surface area contributed by atoms with E-state index >= 15 is 0 Å². The Hall–Kier alpha value is -1.94.